The second kappa shape index (κ2) is 22.5. The number of nitro groups is 2. The van der Waals surface area contributed by atoms with Crippen LogP contribution < -0.4 is 16.4 Å². The molecule has 4 aromatic rings. The number of nitrogens with two attached hydrogens (primary N) is 1. The maximum atomic E-state index is 11.1. The summed E-state index contributed by atoms with van der Waals surface area (Å²) in [6, 6.07) is 16.4. The van der Waals surface area contributed by atoms with Gasteiger partial charge in [-0.2, -0.15) is 0 Å². The molecule has 0 bridgehead atoms. The van der Waals surface area contributed by atoms with Crippen molar-refractivity contribution < 1.29 is 9.85 Å². The van der Waals surface area contributed by atoms with Crippen molar-refractivity contribution in [3.05, 3.63) is 110 Å². The minimum absolute atomic E-state index is 0. The van der Waals surface area contributed by atoms with Crippen LogP contribution in [0.3, 0.4) is 0 Å². The van der Waals surface area contributed by atoms with Crippen LogP contribution in [0, 0.1) is 20.2 Å². The SMILES string of the molecule is C.CN(C)CCCNc1cc(Cc2ccccc2[N+](=O)[O-])ncn1.CN(C)CCCNc1cc(Cl)ncn1.Nc1ccccc1[N+](=O)[O-]. The molecule has 260 valence electrons. The molecule has 0 amide bonds. The van der Waals surface area contributed by atoms with Crippen LogP contribution in [-0.4, -0.2) is 94.0 Å². The van der Waals surface area contributed by atoms with E-state index in [0.29, 0.717) is 17.1 Å². The monoisotopic (exact) mass is 683 g/mol. The summed E-state index contributed by atoms with van der Waals surface area (Å²) >= 11 is 5.71. The zero-order valence-electron chi connectivity index (χ0n) is 27.0. The largest absolute Gasteiger partial charge is 0.393 e. The Bertz CT molecular complexity index is 1540. The van der Waals surface area contributed by atoms with Gasteiger partial charge in [0.25, 0.3) is 11.4 Å². The molecule has 0 fully saturated rings. The van der Waals surface area contributed by atoms with E-state index in [9.17, 15) is 20.2 Å². The summed E-state index contributed by atoms with van der Waals surface area (Å²) in [5, 5.41) is 28.1. The van der Waals surface area contributed by atoms with E-state index in [1.165, 1.54) is 30.9 Å². The fraction of sp³-hybridized carbons (Fsp3) is 0.375. The lowest BCUT2D eigenvalue weighted by atomic mass is 10.1. The number of para-hydroxylation sites is 3. The first kappa shape index (κ1) is 41.0. The molecule has 2 aromatic carbocycles. The summed E-state index contributed by atoms with van der Waals surface area (Å²) in [6.45, 7) is 3.78. The third-order valence-electron chi connectivity index (χ3n) is 6.23. The average molecular weight is 684 g/mol. The minimum atomic E-state index is -0.505. The number of nitrogens with zero attached hydrogens (tertiary/aromatic N) is 8. The topological polar surface area (TPSA) is 194 Å². The molecule has 0 saturated heterocycles. The molecule has 0 spiro atoms. The van der Waals surface area contributed by atoms with Crippen LogP contribution in [0.5, 0.6) is 0 Å². The van der Waals surface area contributed by atoms with Crippen molar-refractivity contribution in [2.45, 2.75) is 26.7 Å². The van der Waals surface area contributed by atoms with Crippen LogP contribution in [0.4, 0.5) is 28.7 Å². The van der Waals surface area contributed by atoms with Gasteiger partial charge in [0.15, 0.2) is 0 Å². The molecule has 0 aliphatic carbocycles. The second-order valence-electron chi connectivity index (χ2n) is 10.7. The third kappa shape index (κ3) is 16.5. The molecule has 2 heterocycles. The van der Waals surface area contributed by atoms with Gasteiger partial charge in [-0.25, -0.2) is 19.9 Å². The van der Waals surface area contributed by atoms with Gasteiger partial charge in [-0.1, -0.05) is 49.4 Å². The Hall–Kier alpha value is -4.99. The standard InChI is InChI=1S/C16H21N5O2.C9H15ClN4.C6H6N2O2.CH4/c1-20(2)9-5-8-17-16-11-14(18-12-19-16)10-13-6-3-4-7-15(13)21(22)23;1-14(2)5-3-4-11-9-6-8(10)12-7-13-9;7-5-3-1-2-4-6(5)8(9)10;/h3-4,6-7,11-12H,5,8-10H2,1-2H3,(H,17,18,19);6-7H,3-5H2,1-2H3,(H,11,12,13);1-4H,7H2;1H4. The normalized spacial score (nSPS) is 10.1. The highest BCUT2D eigenvalue weighted by Crippen LogP contribution is 2.21. The van der Waals surface area contributed by atoms with Crippen LogP contribution in [-0.2, 0) is 6.42 Å². The van der Waals surface area contributed by atoms with Gasteiger partial charge >= 0.3 is 0 Å². The quantitative estimate of drug-likeness (QED) is 0.0486. The zero-order valence-corrected chi connectivity index (χ0v) is 27.8. The summed E-state index contributed by atoms with van der Waals surface area (Å²) in [6.07, 6.45) is 5.44. The Labute approximate surface area is 286 Å². The highest BCUT2D eigenvalue weighted by atomic mass is 35.5. The molecule has 16 heteroatoms. The molecule has 4 N–H and O–H groups in total. The molecule has 0 radical (unpaired) electrons. The van der Waals surface area contributed by atoms with Crippen molar-refractivity contribution in [3.63, 3.8) is 0 Å². The Balaban J connectivity index is 0.000000392. The number of anilines is 3. The van der Waals surface area contributed by atoms with E-state index >= 15 is 0 Å². The smallest absolute Gasteiger partial charge is 0.292 e. The van der Waals surface area contributed by atoms with Crippen LogP contribution >= 0.6 is 11.6 Å². The predicted octanol–water partition coefficient (Wildman–Crippen LogP) is 5.65. The van der Waals surface area contributed by atoms with E-state index in [-0.39, 0.29) is 29.4 Å². The number of benzene rings is 2. The first-order valence-corrected chi connectivity index (χ1v) is 15.1. The first-order chi connectivity index (χ1) is 22.5. The van der Waals surface area contributed by atoms with Crippen molar-refractivity contribution >= 4 is 40.3 Å². The number of nitrogen functional groups attached to an aromatic ring is 1. The van der Waals surface area contributed by atoms with Crippen LogP contribution in [0.1, 0.15) is 31.5 Å². The molecule has 4 rings (SSSR count). The van der Waals surface area contributed by atoms with Crippen LogP contribution in [0.15, 0.2) is 73.3 Å². The van der Waals surface area contributed by atoms with E-state index in [0.717, 1.165) is 56.4 Å². The van der Waals surface area contributed by atoms with Gasteiger partial charge in [-0.15, -0.1) is 0 Å². The van der Waals surface area contributed by atoms with Gasteiger partial charge in [0, 0.05) is 49.3 Å². The van der Waals surface area contributed by atoms with Gasteiger partial charge in [0.05, 0.1) is 15.5 Å². The lowest BCUT2D eigenvalue weighted by Crippen LogP contribution is -2.16. The van der Waals surface area contributed by atoms with Crippen molar-refractivity contribution in [3.8, 4) is 0 Å². The Morgan fingerprint density at radius 3 is 1.75 bits per heavy atom. The Morgan fingerprint density at radius 2 is 1.25 bits per heavy atom. The van der Waals surface area contributed by atoms with Crippen LogP contribution in [0.2, 0.25) is 5.15 Å². The number of nitro benzene ring substituents is 2. The summed E-state index contributed by atoms with van der Waals surface area (Å²) in [7, 11) is 8.19. The van der Waals surface area contributed by atoms with Gasteiger partial charge in [0.1, 0.15) is 35.1 Å². The van der Waals surface area contributed by atoms with Crippen molar-refractivity contribution in [1.82, 2.24) is 29.7 Å². The molecule has 0 aliphatic heterocycles. The number of rotatable bonds is 14. The number of nitrogens with one attached hydrogen (secondary N) is 2. The molecular formula is C32H46ClN11O4. The van der Waals surface area contributed by atoms with Crippen molar-refractivity contribution in [2.75, 3.05) is 70.7 Å². The summed E-state index contributed by atoms with van der Waals surface area (Å²) in [4.78, 5) is 40.9. The average Bonchev–Trinajstić information content (AvgIpc) is 3.02. The lowest BCUT2D eigenvalue weighted by molar-refractivity contribution is -0.385. The van der Waals surface area contributed by atoms with E-state index in [1.54, 1.807) is 36.4 Å². The molecule has 2 aromatic heterocycles. The van der Waals surface area contributed by atoms with Gasteiger partial charge in [-0.3, -0.25) is 20.2 Å². The Kier molecular flexibility index (Phi) is 19.3. The fourth-order valence-corrected chi connectivity index (χ4v) is 4.08. The number of aromatic nitrogens is 4. The number of hydrogen-bond acceptors (Lipinski definition) is 13. The summed E-state index contributed by atoms with van der Waals surface area (Å²) in [5.41, 5.74) is 6.96. The molecule has 48 heavy (non-hydrogen) atoms. The first-order valence-electron chi connectivity index (χ1n) is 14.7. The maximum absolute atomic E-state index is 11.1. The van der Waals surface area contributed by atoms with E-state index < -0.39 is 4.92 Å². The molecule has 0 atom stereocenters. The van der Waals surface area contributed by atoms with E-state index in [1.807, 2.05) is 20.2 Å². The molecule has 0 aliphatic rings. The van der Waals surface area contributed by atoms with Crippen molar-refractivity contribution in [2.24, 2.45) is 0 Å². The minimum Gasteiger partial charge on any atom is -0.393 e. The third-order valence-corrected chi connectivity index (χ3v) is 6.43. The highest BCUT2D eigenvalue weighted by Gasteiger charge is 2.13. The van der Waals surface area contributed by atoms with E-state index in [2.05, 4.69) is 54.5 Å². The predicted molar refractivity (Wildman–Crippen MR) is 193 cm³/mol. The lowest BCUT2D eigenvalue weighted by Gasteiger charge is -2.10. The summed E-state index contributed by atoms with van der Waals surface area (Å²) in [5.74, 6) is 1.52. The second-order valence-corrected chi connectivity index (χ2v) is 11.1. The molecule has 15 nitrogen and oxygen atoms in total. The molecule has 0 saturated carbocycles. The number of halogens is 1. The summed E-state index contributed by atoms with van der Waals surface area (Å²) < 4.78 is 0. The number of hydrogen-bond donors (Lipinski definition) is 3. The zero-order chi connectivity index (χ0) is 34.6. The van der Waals surface area contributed by atoms with Gasteiger partial charge in [0.2, 0.25) is 0 Å². The highest BCUT2D eigenvalue weighted by molar-refractivity contribution is 6.29. The fourth-order valence-electron chi connectivity index (χ4n) is 3.93. The molecule has 0 unspecified atom stereocenters. The van der Waals surface area contributed by atoms with Crippen molar-refractivity contribution in [1.29, 1.82) is 0 Å². The molecular weight excluding hydrogens is 638 g/mol. The van der Waals surface area contributed by atoms with E-state index in [4.69, 9.17) is 17.3 Å². The van der Waals surface area contributed by atoms with Gasteiger partial charge < -0.3 is 26.2 Å². The van der Waals surface area contributed by atoms with Crippen LogP contribution in [0.25, 0.3) is 0 Å². The van der Waals surface area contributed by atoms with Gasteiger partial charge in [-0.05, 0) is 60.2 Å². The Morgan fingerprint density at radius 1 is 0.750 bits per heavy atom. The maximum Gasteiger partial charge on any atom is 0.292 e.